The molecule has 0 bridgehead atoms. The largest absolute Gasteiger partial charge is 0.368 e. The van der Waals surface area contributed by atoms with Gasteiger partial charge in [0.1, 0.15) is 11.9 Å². The third-order valence-electron chi connectivity index (χ3n) is 5.53. The van der Waals surface area contributed by atoms with E-state index in [2.05, 4.69) is 14.9 Å². The smallest absolute Gasteiger partial charge is 0.251 e. The topological polar surface area (TPSA) is 87.7 Å². The van der Waals surface area contributed by atoms with Gasteiger partial charge in [-0.3, -0.25) is 4.79 Å². The van der Waals surface area contributed by atoms with Crippen molar-refractivity contribution >= 4 is 52.3 Å². The van der Waals surface area contributed by atoms with E-state index in [0.29, 0.717) is 18.1 Å². The molecular formula is C20H16Cl2N6OS. The van der Waals surface area contributed by atoms with Crippen LogP contribution in [0.15, 0.2) is 59.4 Å². The molecule has 30 heavy (non-hydrogen) atoms. The van der Waals surface area contributed by atoms with Gasteiger partial charge in [-0.15, -0.1) is 11.3 Å². The van der Waals surface area contributed by atoms with Crippen LogP contribution in [0.5, 0.6) is 0 Å². The maximum Gasteiger partial charge on any atom is 0.251 e. The lowest BCUT2D eigenvalue weighted by Crippen LogP contribution is -2.52. The van der Waals surface area contributed by atoms with E-state index in [0.717, 1.165) is 26.1 Å². The molecule has 0 spiro atoms. The molecule has 1 amide bonds. The van der Waals surface area contributed by atoms with Crippen molar-refractivity contribution in [3.8, 4) is 11.1 Å². The molecule has 5 rings (SSSR count). The monoisotopic (exact) mass is 458 g/mol. The Morgan fingerprint density at radius 2 is 1.97 bits per heavy atom. The molecular weight excluding hydrogens is 443 g/mol. The van der Waals surface area contributed by atoms with E-state index in [9.17, 15) is 4.79 Å². The number of nitrogens with zero attached hydrogens (tertiary/aromatic N) is 5. The van der Waals surface area contributed by atoms with Crippen LogP contribution in [0, 0.1) is 5.92 Å². The standard InChI is InChI=1S/C20H16Cl2N6OS/c21-15-3-1-2-4-16(15)27-8-14-18(29)28(22)19(23)26-20(14,10-27)17-5-12(9-30-17)13-6-24-11-25-7-13/h1-7,9,11,14H,8,10H2,(H2,23,26)/t14?,20-/m0/s1. The maximum absolute atomic E-state index is 13.1. The summed E-state index contributed by atoms with van der Waals surface area (Å²) in [7, 11) is 0. The molecule has 1 fully saturated rings. The van der Waals surface area contributed by atoms with Gasteiger partial charge in [-0.1, -0.05) is 23.7 Å². The zero-order chi connectivity index (χ0) is 20.9. The summed E-state index contributed by atoms with van der Waals surface area (Å²) in [6.45, 7) is 0.897. The van der Waals surface area contributed by atoms with E-state index in [1.54, 1.807) is 12.4 Å². The number of carbonyl (C=O) groups is 1. The number of hydrogen-bond acceptors (Lipinski definition) is 7. The first-order chi connectivity index (χ1) is 14.5. The molecule has 10 heteroatoms. The first-order valence-electron chi connectivity index (χ1n) is 9.18. The minimum absolute atomic E-state index is 0.00285. The Labute approximate surface area is 186 Å². The van der Waals surface area contributed by atoms with E-state index in [1.807, 2.05) is 35.7 Å². The molecule has 0 saturated carbocycles. The van der Waals surface area contributed by atoms with Crippen molar-refractivity contribution in [3.63, 3.8) is 0 Å². The number of aromatic nitrogens is 2. The lowest BCUT2D eigenvalue weighted by Gasteiger charge is -2.35. The highest BCUT2D eigenvalue weighted by Gasteiger charge is 2.57. The fourth-order valence-corrected chi connectivity index (χ4v) is 5.61. The molecule has 4 heterocycles. The quantitative estimate of drug-likeness (QED) is 0.606. The summed E-state index contributed by atoms with van der Waals surface area (Å²) in [5.41, 5.74) is 7.91. The third-order valence-corrected chi connectivity index (χ3v) is 7.29. The number of hydrogen-bond donors (Lipinski definition) is 1. The Balaban J connectivity index is 1.62. The lowest BCUT2D eigenvalue weighted by atomic mass is 9.84. The van der Waals surface area contributed by atoms with Gasteiger partial charge in [0, 0.05) is 47.7 Å². The molecule has 2 aliphatic heterocycles. The van der Waals surface area contributed by atoms with Crippen molar-refractivity contribution in [2.75, 3.05) is 18.0 Å². The van der Waals surface area contributed by atoms with Crippen LogP contribution < -0.4 is 10.6 Å². The zero-order valence-corrected chi connectivity index (χ0v) is 17.9. The van der Waals surface area contributed by atoms with Gasteiger partial charge in [-0.05, 0) is 29.1 Å². The van der Waals surface area contributed by atoms with Crippen LogP contribution in [0.4, 0.5) is 5.69 Å². The fraction of sp³-hybridized carbons (Fsp3) is 0.200. The predicted molar refractivity (Wildman–Crippen MR) is 118 cm³/mol. The average molecular weight is 459 g/mol. The van der Waals surface area contributed by atoms with Crippen LogP contribution in [0.1, 0.15) is 4.88 Å². The van der Waals surface area contributed by atoms with Gasteiger partial charge < -0.3 is 10.6 Å². The molecule has 0 aliphatic carbocycles. The molecule has 2 aliphatic rings. The summed E-state index contributed by atoms with van der Waals surface area (Å²) in [5.74, 6) is -0.759. The van der Waals surface area contributed by atoms with Crippen molar-refractivity contribution in [2.24, 2.45) is 16.6 Å². The molecule has 3 aromatic rings. The van der Waals surface area contributed by atoms with Crippen LogP contribution in [-0.4, -0.2) is 39.3 Å². The first kappa shape index (κ1) is 19.3. The number of benzene rings is 1. The summed E-state index contributed by atoms with van der Waals surface area (Å²) >= 11 is 14.1. The lowest BCUT2D eigenvalue weighted by molar-refractivity contribution is -0.130. The number of aliphatic imine (C=N–C) groups is 1. The first-order valence-corrected chi connectivity index (χ1v) is 10.8. The molecule has 2 N–H and O–H groups in total. The summed E-state index contributed by atoms with van der Waals surface area (Å²) < 4.78 is 0.915. The van der Waals surface area contributed by atoms with Crippen LogP contribution >= 0.6 is 34.7 Å². The number of nitrogens with two attached hydrogens (primary N) is 1. The number of carbonyl (C=O) groups excluding carboxylic acids is 1. The fourth-order valence-electron chi connectivity index (χ4n) is 4.09. The number of halogens is 2. The Hall–Kier alpha value is -2.68. The van der Waals surface area contributed by atoms with Crippen molar-refractivity contribution in [1.29, 1.82) is 0 Å². The molecule has 152 valence electrons. The van der Waals surface area contributed by atoms with Gasteiger partial charge in [-0.25, -0.2) is 15.0 Å². The zero-order valence-electron chi connectivity index (χ0n) is 15.6. The van der Waals surface area contributed by atoms with E-state index in [-0.39, 0.29) is 11.9 Å². The predicted octanol–water partition coefficient (Wildman–Crippen LogP) is 3.50. The van der Waals surface area contributed by atoms with Gasteiger partial charge in [0.15, 0.2) is 0 Å². The third kappa shape index (κ3) is 2.94. The number of rotatable bonds is 3. The van der Waals surface area contributed by atoms with Gasteiger partial charge in [-0.2, -0.15) is 4.42 Å². The summed E-state index contributed by atoms with van der Waals surface area (Å²) in [6.07, 6.45) is 5.00. The van der Waals surface area contributed by atoms with E-state index < -0.39 is 11.5 Å². The van der Waals surface area contributed by atoms with Crippen LogP contribution in [0.25, 0.3) is 11.1 Å². The van der Waals surface area contributed by atoms with E-state index in [4.69, 9.17) is 34.1 Å². The Morgan fingerprint density at radius 1 is 1.20 bits per heavy atom. The number of anilines is 1. The minimum Gasteiger partial charge on any atom is -0.368 e. The van der Waals surface area contributed by atoms with Gasteiger partial charge in [0.05, 0.1) is 16.6 Å². The van der Waals surface area contributed by atoms with E-state index in [1.165, 1.54) is 17.7 Å². The second-order valence-corrected chi connectivity index (χ2v) is 8.88. The number of amides is 1. The molecule has 0 radical (unpaired) electrons. The second-order valence-electron chi connectivity index (χ2n) is 7.22. The highest BCUT2D eigenvalue weighted by Crippen LogP contribution is 2.49. The van der Waals surface area contributed by atoms with Crippen LogP contribution in [-0.2, 0) is 10.3 Å². The van der Waals surface area contributed by atoms with Crippen molar-refractivity contribution < 1.29 is 4.79 Å². The van der Waals surface area contributed by atoms with Crippen molar-refractivity contribution in [2.45, 2.75) is 5.54 Å². The van der Waals surface area contributed by atoms with Crippen molar-refractivity contribution in [1.82, 2.24) is 14.4 Å². The molecule has 7 nitrogen and oxygen atoms in total. The summed E-state index contributed by atoms with van der Waals surface area (Å²) in [5, 5.41) is 2.63. The maximum atomic E-state index is 13.1. The minimum atomic E-state index is -0.843. The Morgan fingerprint density at radius 3 is 2.73 bits per heavy atom. The summed E-state index contributed by atoms with van der Waals surface area (Å²) in [4.78, 5) is 29.0. The normalized spacial score (nSPS) is 23.5. The van der Waals surface area contributed by atoms with E-state index >= 15 is 0 Å². The average Bonchev–Trinajstić information content (AvgIpc) is 3.39. The van der Waals surface area contributed by atoms with Gasteiger partial charge in [0.25, 0.3) is 5.91 Å². The van der Waals surface area contributed by atoms with Crippen LogP contribution in [0.2, 0.25) is 5.02 Å². The second kappa shape index (κ2) is 7.23. The molecule has 2 atom stereocenters. The van der Waals surface area contributed by atoms with Crippen LogP contribution in [0.3, 0.4) is 0 Å². The highest BCUT2D eigenvalue weighted by molar-refractivity contribution is 7.10. The molecule has 2 aromatic heterocycles. The number of fused-ring (bicyclic) bond motifs is 1. The highest BCUT2D eigenvalue weighted by atomic mass is 35.5. The molecule has 1 saturated heterocycles. The molecule has 1 unspecified atom stereocenters. The number of para-hydroxylation sites is 1. The number of guanidine groups is 1. The Bertz CT molecular complexity index is 1150. The van der Waals surface area contributed by atoms with Gasteiger partial charge in [0.2, 0.25) is 5.96 Å². The Kier molecular flexibility index (Phi) is 4.65. The van der Waals surface area contributed by atoms with Gasteiger partial charge >= 0.3 is 0 Å². The SMILES string of the molecule is NC1=N[C@@]2(c3cc(-c4cncnc4)cs3)CN(c3ccccc3Cl)CC2C(=O)N1Cl. The molecule has 1 aromatic carbocycles. The number of thiophene rings is 1. The summed E-state index contributed by atoms with van der Waals surface area (Å²) in [6, 6.07) is 9.59. The van der Waals surface area contributed by atoms with Crippen molar-refractivity contribution in [3.05, 3.63) is 64.3 Å².